The van der Waals surface area contributed by atoms with Gasteiger partial charge in [0, 0.05) is 6.61 Å². The summed E-state index contributed by atoms with van der Waals surface area (Å²) in [6.45, 7) is 6.65. The SMILES string of the molecule is CNC(C)(CCCCOC(C)C)C(=O)OC. The van der Waals surface area contributed by atoms with E-state index in [9.17, 15) is 4.79 Å². The number of unbranched alkanes of at least 4 members (excludes halogenated alkanes) is 1. The topological polar surface area (TPSA) is 47.6 Å². The molecule has 0 bridgehead atoms. The van der Waals surface area contributed by atoms with Gasteiger partial charge in [-0.1, -0.05) is 0 Å². The first-order valence-electron chi connectivity index (χ1n) is 5.85. The molecule has 0 aliphatic heterocycles. The molecule has 4 nitrogen and oxygen atoms in total. The number of methoxy groups -OCH3 is 1. The Bertz CT molecular complexity index is 206. The van der Waals surface area contributed by atoms with Gasteiger partial charge in [0.25, 0.3) is 0 Å². The molecule has 0 aromatic heterocycles. The zero-order valence-corrected chi connectivity index (χ0v) is 11.1. The van der Waals surface area contributed by atoms with E-state index in [0.29, 0.717) is 0 Å². The number of hydrogen-bond acceptors (Lipinski definition) is 4. The molecule has 16 heavy (non-hydrogen) atoms. The summed E-state index contributed by atoms with van der Waals surface area (Å²) >= 11 is 0. The van der Waals surface area contributed by atoms with Crippen LogP contribution in [0.15, 0.2) is 0 Å². The van der Waals surface area contributed by atoms with Crippen LogP contribution in [-0.2, 0) is 14.3 Å². The monoisotopic (exact) mass is 231 g/mol. The van der Waals surface area contributed by atoms with Crippen LogP contribution in [-0.4, -0.2) is 38.4 Å². The second-order valence-corrected chi connectivity index (χ2v) is 4.45. The predicted octanol–water partition coefficient (Wildman–Crippen LogP) is 1.73. The lowest BCUT2D eigenvalue weighted by Gasteiger charge is -2.25. The van der Waals surface area contributed by atoms with Gasteiger partial charge in [0.2, 0.25) is 0 Å². The highest BCUT2D eigenvalue weighted by atomic mass is 16.5. The Hall–Kier alpha value is -0.610. The normalized spacial score (nSPS) is 14.9. The van der Waals surface area contributed by atoms with Gasteiger partial charge >= 0.3 is 5.97 Å². The van der Waals surface area contributed by atoms with Crippen LogP contribution < -0.4 is 5.32 Å². The van der Waals surface area contributed by atoms with Crippen molar-refractivity contribution in [2.75, 3.05) is 20.8 Å². The van der Waals surface area contributed by atoms with Gasteiger partial charge in [-0.25, -0.2) is 0 Å². The zero-order chi connectivity index (χ0) is 12.6. The molecule has 0 heterocycles. The maximum Gasteiger partial charge on any atom is 0.325 e. The smallest absolute Gasteiger partial charge is 0.325 e. The molecule has 0 fully saturated rings. The fraction of sp³-hybridized carbons (Fsp3) is 0.917. The molecule has 0 radical (unpaired) electrons. The molecule has 0 aliphatic carbocycles. The second kappa shape index (κ2) is 7.63. The molecular weight excluding hydrogens is 206 g/mol. The Morgan fingerprint density at radius 2 is 2.00 bits per heavy atom. The van der Waals surface area contributed by atoms with Crippen molar-refractivity contribution in [3.05, 3.63) is 0 Å². The standard InChI is InChI=1S/C12H25NO3/c1-10(2)16-9-7-6-8-12(3,13-4)11(14)15-5/h10,13H,6-9H2,1-5H3. The third-order valence-electron chi connectivity index (χ3n) is 2.71. The van der Waals surface area contributed by atoms with Crippen molar-refractivity contribution >= 4 is 5.97 Å². The third kappa shape index (κ3) is 5.47. The van der Waals surface area contributed by atoms with Crippen LogP contribution in [0.3, 0.4) is 0 Å². The second-order valence-electron chi connectivity index (χ2n) is 4.45. The molecule has 0 saturated heterocycles. The highest BCUT2D eigenvalue weighted by Crippen LogP contribution is 2.15. The summed E-state index contributed by atoms with van der Waals surface area (Å²) in [7, 11) is 3.20. The minimum Gasteiger partial charge on any atom is -0.468 e. The molecule has 0 aromatic carbocycles. The number of nitrogens with one attached hydrogen (secondary N) is 1. The van der Waals surface area contributed by atoms with E-state index in [1.165, 1.54) is 7.11 Å². The van der Waals surface area contributed by atoms with Crippen LogP contribution in [0.5, 0.6) is 0 Å². The van der Waals surface area contributed by atoms with Crippen LogP contribution in [0.25, 0.3) is 0 Å². The van der Waals surface area contributed by atoms with Crippen molar-refractivity contribution in [2.24, 2.45) is 0 Å². The number of carbonyl (C=O) groups is 1. The quantitative estimate of drug-likeness (QED) is 0.510. The molecule has 0 saturated carbocycles. The number of hydrogen-bond donors (Lipinski definition) is 1. The van der Waals surface area contributed by atoms with E-state index in [1.807, 2.05) is 20.8 Å². The Kier molecular flexibility index (Phi) is 7.34. The largest absolute Gasteiger partial charge is 0.468 e. The molecular formula is C12H25NO3. The van der Waals surface area contributed by atoms with E-state index < -0.39 is 5.54 Å². The van der Waals surface area contributed by atoms with Crippen LogP contribution in [0, 0.1) is 0 Å². The van der Waals surface area contributed by atoms with Gasteiger partial charge in [-0.05, 0) is 47.1 Å². The fourth-order valence-electron chi connectivity index (χ4n) is 1.45. The molecule has 4 heteroatoms. The lowest BCUT2D eigenvalue weighted by molar-refractivity contribution is -0.148. The molecule has 0 rings (SSSR count). The number of likely N-dealkylation sites (N-methyl/N-ethyl adjacent to an activating group) is 1. The van der Waals surface area contributed by atoms with Crippen LogP contribution in [0.2, 0.25) is 0 Å². The number of esters is 1. The Balaban J connectivity index is 3.83. The van der Waals surface area contributed by atoms with Crippen LogP contribution >= 0.6 is 0 Å². The summed E-state index contributed by atoms with van der Waals surface area (Å²) in [6.07, 6.45) is 2.94. The number of carbonyl (C=O) groups excluding carboxylic acids is 1. The Morgan fingerprint density at radius 3 is 2.44 bits per heavy atom. The average molecular weight is 231 g/mol. The first-order chi connectivity index (χ1) is 7.46. The molecule has 1 unspecified atom stereocenters. The third-order valence-corrected chi connectivity index (χ3v) is 2.71. The average Bonchev–Trinajstić information content (AvgIpc) is 2.26. The van der Waals surface area contributed by atoms with Gasteiger partial charge in [-0.15, -0.1) is 0 Å². The van der Waals surface area contributed by atoms with E-state index in [4.69, 9.17) is 9.47 Å². The minimum atomic E-state index is -0.577. The molecule has 0 aliphatic rings. The summed E-state index contributed by atoms with van der Waals surface area (Å²) in [5.41, 5.74) is -0.577. The van der Waals surface area contributed by atoms with E-state index in [0.717, 1.165) is 25.9 Å². The van der Waals surface area contributed by atoms with Gasteiger partial charge in [-0.2, -0.15) is 0 Å². The van der Waals surface area contributed by atoms with Gasteiger partial charge in [0.05, 0.1) is 13.2 Å². The molecule has 0 amide bonds. The predicted molar refractivity (Wildman–Crippen MR) is 64.4 cm³/mol. The van der Waals surface area contributed by atoms with Crippen molar-refractivity contribution in [1.82, 2.24) is 5.32 Å². The van der Waals surface area contributed by atoms with Crippen molar-refractivity contribution < 1.29 is 14.3 Å². The summed E-state index contributed by atoms with van der Waals surface area (Å²) in [6, 6.07) is 0. The van der Waals surface area contributed by atoms with Gasteiger partial charge in [0.15, 0.2) is 0 Å². The van der Waals surface area contributed by atoms with Crippen LogP contribution in [0.4, 0.5) is 0 Å². The zero-order valence-electron chi connectivity index (χ0n) is 11.1. The maximum absolute atomic E-state index is 11.5. The molecule has 0 spiro atoms. The maximum atomic E-state index is 11.5. The van der Waals surface area contributed by atoms with E-state index >= 15 is 0 Å². The minimum absolute atomic E-state index is 0.209. The van der Waals surface area contributed by atoms with Crippen LogP contribution in [0.1, 0.15) is 40.0 Å². The number of rotatable bonds is 8. The summed E-state index contributed by atoms with van der Waals surface area (Å²) < 4.78 is 10.2. The molecule has 1 N–H and O–H groups in total. The fourth-order valence-corrected chi connectivity index (χ4v) is 1.45. The lowest BCUT2D eigenvalue weighted by atomic mass is 9.95. The number of ether oxygens (including phenoxy) is 2. The van der Waals surface area contributed by atoms with E-state index in [-0.39, 0.29) is 12.1 Å². The molecule has 1 atom stereocenters. The molecule has 96 valence electrons. The Morgan fingerprint density at radius 1 is 1.38 bits per heavy atom. The summed E-state index contributed by atoms with van der Waals surface area (Å²) in [5, 5.41) is 3.01. The molecule has 0 aromatic rings. The van der Waals surface area contributed by atoms with Gasteiger partial charge in [-0.3, -0.25) is 4.79 Å². The van der Waals surface area contributed by atoms with Crippen molar-refractivity contribution in [3.63, 3.8) is 0 Å². The van der Waals surface area contributed by atoms with E-state index in [2.05, 4.69) is 5.32 Å². The Labute approximate surface area is 98.7 Å². The lowest BCUT2D eigenvalue weighted by Crippen LogP contribution is -2.48. The highest BCUT2D eigenvalue weighted by Gasteiger charge is 2.31. The van der Waals surface area contributed by atoms with Gasteiger partial charge < -0.3 is 14.8 Å². The highest BCUT2D eigenvalue weighted by molar-refractivity contribution is 5.80. The van der Waals surface area contributed by atoms with Crippen molar-refractivity contribution in [2.45, 2.75) is 51.7 Å². The summed E-state index contributed by atoms with van der Waals surface area (Å²) in [4.78, 5) is 11.5. The van der Waals surface area contributed by atoms with Crippen molar-refractivity contribution in [3.8, 4) is 0 Å². The van der Waals surface area contributed by atoms with Gasteiger partial charge in [0.1, 0.15) is 5.54 Å². The van der Waals surface area contributed by atoms with E-state index in [1.54, 1.807) is 7.05 Å². The first-order valence-corrected chi connectivity index (χ1v) is 5.85. The van der Waals surface area contributed by atoms with Crippen molar-refractivity contribution in [1.29, 1.82) is 0 Å². The summed E-state index contributed by atoms with van der Waals surface area (Å²) in [5.74, 6) is -0.209. The first kappa shape index (κ1) is 15.4.